The molecule has 0 radical (unpaired) electrons. The van der Waals surface area contributed by atoms with Gasteiger partial charge in [0.05, 0.1) is 13.2 Å². The third kappa shape index (κ3) is 34.4. The van der Waals surface area contributed by atoms with Crippen molar-refractivity contribution in [3.05, 3.63) is 12.2 Å². The first-order valence-electron chi connectivity index (χ1n) is 19.2. The van der Waals surface area contributed by atoms with E-state index in [-0.39, 0.29) is 38.6 Å². The lowest BCUT2D eigenvalue weighted by Crippen LogP contribution is -2.29. The van der Waals surface area contributed by atoms with Gasteiger partial charge < -0.3 is 20.1 Å². The molecule has 0 aromatic rings. The minimum absolute atomic E-state index is 0.0552. The van der Waals surface area contributed by atoms with E-state index in [1.165, 1.54) is 103 Å². The number of unbranched alkanes of at least 4 members (excludes halogenated alkanes) is 21. The smallest absolute Gasteiger partial charge is 0.462 e. The Morgan fingerprint density at radius 2 is 1.04 bits per heavy atom. The molecule has 0 rings (SSSR count). The number of ether oxygens (including phenoxy) is 2. The molecule has 0 aliphatic heterocycles. The summed E-state index contributed by atoms with van der Waals surface area (Å²) in [5.41, 5.74) is 5.32. The highest BCUT2D eigenvalue weighted by Crippen LogP contribution is 2.43. The van der Waals surface area contributed by atoms with Crippen LogP contribution in [0.15, 0.2) is 12.2 Å². The number of esters is 2. The molecule has 0 heterocycles. The molecule has 0 bridgehead atoms. The van der Waals surface area contributed by atoms with Crippen LogP contribution in [0.2, 0.25) is 0 Å². The van der Waals surface area contributed by atoms with E-state index in [2.05, 4.69) is 26.0 Å². The van der Waals surface area contributed by atoms with Gasteiger partial charge in [0.25, 0.3) is 0 Å². The maximum Gasteiger partial charge on any atom is 0.472 e. The molecule has 0 aromatic carbocycles. The predicted octanol–water partition coefficient (Wildman–Crippen LogP) is 10.3. The maximum absolute atomic E-state index is 12.4. The number of rotatable bonds is 36. The zero-order valence-electron chi connectivity index (χ0n) is 30.3. The van der Waals surface area contributed by atoms with E-state index in [0.29, 0.717) is 6.42 Å². The van der Waals surface area contributed by atoms with Crippen molar-refractivity contribution in [2.75, 3.05) is 26.4 Å². The Bertz CT molecular complexity index is 794. The van der Waals surface area contributed by atoms with Crippen molar-refractivity contribution in [3.8, 4) is 0 Å². The zero-order valence-corrected chi connectivity index (χ0v) is 31.2. The highest BCUT2D eigenvalue weighted by molar-refractivity contribution is 7.47. The summed E-state index contributed by atoms with van der Waals surface area (Å²) in [4.78, 5) is 34.6. The van der Waals surface area contributed by atoms with Crippen LogP contribution in [0.5, 0.6) is 0 Å². The number of carbonyl (C=O) groups is 2. The van der Waals surface area contributed by atoms with Gasteiger partial charge in [-0.25, -0.2) is 4.57 Å². The number of carbonyl (C=O) groups excluding carboxylic acids is 2. The third-order valence-corrected chi connectivity index (χ3v) is 9.14. The van der Waals surface area contributed by atoms with E-state index >= 15 is 0 Å². The van der Waals surface area contributed by atoms with Gasteiger partial charge in [-0.05, 0) is 38.5 Å². The Kier molecular flexibility index (Phi) is 33.7. The van der Waals surface area contributed by atoms with Crippen LogP contribution in [0, 0.1) is 0 Å². The first-order chi connectivity index (χ1) is 22.8. The van der Waals surface area contributed by atoms with Crippen LogP contribution in [0.25, 0.3) is 0 Å². The van der Waals surface area contributed by atoms with Gasteiger partial charge >= 0.3 is 19.8 Å². The average molecular weight is 690 g/mol. The largest absolute Gasteiger partial charge is 0.472 e. The van der Waals surface area contributed by atoms with Crippen LogP contribution in [0.4, 0.5) is 0 Å². The first kappa shape index (κ1) is 45.8. The molecule has 0 amide bonds. The van der Waals surface area contributed by atoms with E-state index in [4.69, 9.17) is 24.3 Å². The highest BCUT2D eigenvalue weighted by Gasteiger charge is 2.25. The van der Waals surface area contributed by atoms with Crippen molar-refractivity contribution < 1.29 is 37.6 Å². The fraction of sp³-hybridized carbons (Fsp3) is 0.892. The van der Waals surface area contributed by atoms with Crippen LogP contribution in [0.1, 0.15) is 181 Å². The van der Waals surface area contributed by atoms with Gasteiger partial charge in [0.2, 0.25) is 0 Å². The first-order valence-corrected chi connectivity index (χ1v) is 20.7. The van der Waals surface area contributed by atoms with Gasteiger partial charge in [0.15, 0.2) is 6.10 Å². The molecule has 0 saturated carbocycles. The van der Waals surface area contributed by atoms with E-state index in [0.717, 1.165) is 44.9 Å². The molecule has 0 aliphatic carbocycles. The molecule has 3 N–H and O–H groups in total. The molecular weight excluding hydrogens is 617 g/mol. The highest BCUT2D eigenvalue weighted by atomic mass is 31.2. The second-order valence-electron chi connectivity index (χ2n) is 12.8. The summed E-state index contributed by atoms with van der Waals surface area (Å²) in [6.07, 6.45) is 32.5. The zero-order chi connectivity index (χ0) is 34.7. The summed E-state index contributed by atoms with van der Waals surface area (Å²) in [7, 11) is -4.36. The molecule has 278 valence electrons. The topological polar surface area (TPSA) is 134 Å². The number of hydrogen-bond acceptors (Lipinski definition) is 8. The lowest BCUT2D eigenvalue weighted by atomic mass is 10.1. The molecule has 0 aliphatic rings. The monoisotopic (exact) mass is 689 g/mol. The Morgan fingerprint density at radius 1 is 0.617 bits per heavy atom. The minimum atomic E-state index is -4.36. The molecule has 1 unspecified atom stereocenters. The maximum atomic E-state index is 12.4. The molecule has 10 heteroatoms. The number of hydrogen-bond donors (Lipinski definition) is 2. The third-order valence-electron chi connectivity index (χ3n) is 8.15. The molecule has 2 atom stereocenters. The average Bonchev–Trinajstić information content (AvgIpc) is 3.05. The van der Waals surface area contributed by atoms with Gasteiger partial charge in [-0.3, -0.25) is 18.6 Å². The molecular formula is C37H72NO8P. The second-order valence-corrected chi connectivity index (χ2v) is 14.3. The van der Waals surface area contributed by atoms with Crippen molar-refractivity contribution >= 4 is 19.8 Å². The fourth-order valence-electron chi connectivity index (χ4n) is 5.28. The summed E-state index contributed by atoms with van der Waals surface area (Å²) in [6.45, 7) is 3.70. The quantitative estimate of drug-likeness (QED) is 0.0285. The summed E-state index contributed by atoms with van der Waals surface area (Å²) in [5, 5.41) is 0. The Hall–Kier alpha value is -1.25. The molecule has 0 saturated heterocycles. The standard InChI is InChI=1S/C37H72NO8P/c1-3-5-7-9-11-13-14-15-16-17-18-19-20-22-23-25-27-29-36(39)43-33-35(34-45-47(41,42)44-32-31-38)46-37(40)30-28-26-24-21-12-10-8-6-4-2/h15-16,35H,3-14,17-34,38H2,1-2H3,(H,41,42)/b16-15+/t35-/m0/s1. The normalized spacial score (nSPS) is 13.5. The summed E-state index contributed by atoms with van der Waals surface area (Å²) < 4.78 is 32.6. The molecule has 0 aromatic heterocycles. The van der Waals surface area contributed by atoms with Crippen molar-refractivity contribution in [1.29, 1.82) is 0 Å². The second kappa shape index (κ2) is 34.6. The molecule has 0 spiro atoms. The lowest BCUT2D eigenvalue weighted by molar-refractivity contribution is -0.161. The Morgan fingerprint density at radius 3 is 1.51 bits per heavy atom. The van der Waals surface area contributed by atoms with Crippen LogP contribution in [0.3, 0.4) is 0 Å². The van der Waals surface area contributed by atoms with Gasteiger partial charge in [-0.15, -0.1) is 0 Å². The molecule has 9 nitrogen and oxygen atoms in total. The summed E-state index contributed by atoms with van der Waals surface area (Å²) >= 11 is 0. The van der Waals surface area contributed by atoms with Crippen molar-refractivity contribution in [2.45, 2.75) is 187 Å². The van der Waals surface area contributed by atoms with E-state index in [1.54, 1.807) is 0 Å². The molecule has 47 heavy (non-hydrogen) atoms. The molecule has 0 fully saturated rings. The number of nitrogens with two attached hydrogens (primary N) is 1. The number of allylic oxidation sites excluding steroid dienone is 2. The Labute approximate surface area is 288 Å². The summed E-state index contributed by atoms with van der Waals surface area (Å²) in [6, 6.07) is 0. The number of phosphoric ester groups is 1. The predicted molar refractivity (Wildman–Crippen MR) is 192 cm³/mol. The fourth-order valence-corrected chi connectivity index (χ4v) is 6.04. The van der Waals surface area contributed by atoms with Gasteiger partial charge in [-0.1, -0.05) is 142 Å². The van der Waals surface area contributed by atoms with Crippen molar-refractivity contribution in [2.24, 2.45) is 5.73 Å². The van der Waals surface area contributed by atoms with Crippen LogP contribution >= 0.6 is 7.82 Å². The number of phosphoric acid groups is 1. The van der Waals surface area contributed by atoms with Gasteiger partial charge in [-0.2, -0.15) is 0 Å². The van der Waals surface area contributed by atoms with Crippen LogP contribution in [-0.4, -0.2) is 49.3 Å². The van der Waals surface area contributed by atoms with E-state index in [1.807, 2.05) is 0 Å². The minimum Gasteiger partial charge on any atom is -0.462 e. The summed E-state index contributed by atoms with van der Waals surface area (Å²) in [5.74, 6) is -0.832. The van der Waals surface area contributed by atoms with Gasteiger partial charge in [0.1, 0.15) is 6.61 Å². The van der Waals surface area contributed by atoms with E-state index in [9.17, 15) is 19.0 Å². The van der Waals surface area contributed by atoms with Crippen LogP contribution < -0.4 is 5.73 Å². The van der Waals surface area contributed by atoms with Gasteiger partial charge in [0, 0.05) is 19.4 Å². The lowest BCUT2D eigenvalue weighted by Gasteiger charge is -2.19. The van der Waals surface area contributed by atoms with Crippen LogP contribution in [-0.2, 0) is 32.7 Å². The van der Waals surface area contributed by atoms with E-state index < -0.39 is 26.5 Å². The van der Waals surface area contributed by atoms with Crippen molar-refractivity contribution in [1.82, 2.24) is 0 Å². The SMILES string of the molecule is CCCCCCCC/C=C/CCCCCCCCCC(=O)OC[C@@H](COP(=O)(O)OCCN)OC(=O)CCCCCCCCCCC. The van der Waals surface area contributed by atoms with Crippen molar-refractivity contribution in [3.63, 3.8) is 0 Å². The Balaban J connectivity index is 4.14.